The smallest absolute Gasteiger partial charge is 0.113 e. The molecule has 0 saturated carbocycles. The van der Waals surface area contributed by atoms with E-state index in [0.717, 1.165) is 5.70 Å². The molecular weight excluding hydrogens is 178 g/mol. The molecule has 0 aliphatic carbocycles. The molecule has 1 heterocycles. The molecule has 0 fully saturated rings. The normalized spacial score (nSPS) is 15.8. The first-order chi connectivity index (χ1) is 6.00. The van der Waals surface area contributed by atoms with E-state index in [2.05, 4.69) is 9.80 Å². The summed E-state index contributed by atoms with van der Waals surface area (Å²) >= 11 is 0. The van der Waals surface area contributed by atoms with Gasteiger partial charge in [-0.15, -0.1) is 0 Å². The highest BCUT2D eigenvalue weighted by atomic mass is 28.2. The summed E-state index contributed by atoms with van der Waals surface area (Å²) in [5, 5.41) is 2.56. The van der Waals surface area contributed by atoms with E-state index in [-0.39, 0.29) is 0 Å². The maximum atomic E-state index is 5.81. The lowest BCUT2D eigenvalue weighted by molar-refractivity contribution is 0.544. The molecule has 3 nitrogen and oxygen atoms in total. The molecule has 1 aliphatic heterocycles. The summed E-state index contributed by atoms with van der Waals surface area (Å²) in [6.07, 6.45) is 4.07. The second-order valence-corrected chi connectivity index (χ2v) is 4.75. The fourth-order valence-electron chi connectivity index (χ4n) is 1.04. The van der Waals surface area contributed by atoms with Crippen LogP contribution in [0.1, 0.15) is 0 Å². The van der Waals surface area contributed by atoms with Gasteiger partial charge in [-0.2, -0.15) is 0 Å². The van der Waals surface area contributed by atoms with E-state index in [1.54, 1.807) is 0 Å². The van der Waals surface area contributed by atoms with Crippen LogP contribution < -0.4 is 5.73 Å². The van der Waals surface area contributed by atoms with Gasteiger partial charge in [-0.05, 0) is 12.2 Å². The van der Waals surface area contributed by atoms with Crippen LogP contribution >= 0.6 is 0 Å². The van der Waals surface area contributed by atoms with Gasteiger partial charge in [0.1, 0.15) is 9.13 Å². The van der Waals surface area contributed by atoms with Crippen LogP contribution in [0.2, 0.25) is 0 Å². The van der Waals surface area contributed by atoms with Crippen molar-refractivity contribution in [2.45, 2.75) is 0 Å². The predicted octanol–water partition coefficient (Wildman–Crippen LogP) is -0.359. The summed E-state index contributed by atoms with van der Waals surface area (Å²) in [5.41, 5.74) is 6.65. The van der Waals surface area contributed by atoms with E-state index in [4.69, 9.17) is 5.73 Å². The van der Waals surface area contributed by atoms with Gasteiger partial charge >= 0.3 is 0 Å². The molecular formula is C9H16N3Si. The van der Waals surface area contributed by atoms with E-state index in [0.29, 0.717) is 9.13 Å². The molecule has 2 N–H and O–H groups in total. The maximum absolute atomic E-state index is 5.81. The predicted molar refractivity (Wildman–Crippen MR) is 58.5 cm³/mol. The van der Waals surface area contributed by atoms with Gasteiger partial charge < -0.3 is 15.5 Å². The van der Waals surface area contributed by atoms with Gasteiger partial charge in [0.15, 0.2) is 0 Å². The molecule has 0 unspecified atom stereocenters. The molecule has 1 rings (SSSR count). The molecule has 0 saturated heterocycles. The summed E-state index contributed by atoms with van der Waals surface area (Å²) in [6.45, 7) is 0. The Morgan fingerprint density at radius 3 is 2.15 bits per heavy atom. The van der Waals surface area contributed by atoms with E-state index in [1.807, 2.05) is 40.3 Å². The summed E-state index contributed by atoms with van der Waals surface area (Å²) in [4.78, 5) is 4.23. The lowest BCUT2D eigenvalue weighted by atomic mass is 10.3. The van der Waals surface area contributed by atoms with Crippen LogP contribution in [0, 0.1) is 0 Å². The molecule has 71 valence electrons. The monoisotopic (exact) mass is 194 g/mol. The van der Waals surface area contributed by atoms with Crippen molar-refractivity contribution in [2.24, 2.45) is 5.73 Å². The fourth-order valence-corrected chi connectivity index (χ4v) is 2.23. The van der Waals surface area contributed by atoms with Gasteiger partial charge in [0.2, 0.25) is 0 Å². The molecule has 13 heavy (non-hydrogen) atoms. The molecule has 1 aliphatic rings. The third-order valence-corrected chi connectivity index (χ3v) is 3.52. The number of hydrogen-bond acceptors (Lipinski definition) is 3. The van der Waals surface area contributed by atoms with Crippen molar-refractivity contribution in [1.29, 1.82) is 0 Å². The molecule has 1 radical (unpaired) electrons. The average Bonchev–Trinajstić information content (AvgIpc) is 2.03. The minimum absolute atomic E-state index is 0.704. The lowest BCUT2D eigenvalue weighted by Gasteiger charge is -2.22. The van der Waals surface area contributed by atoms with Crippen molar-refractivity contribution in [1.82, 2.24) is 9.80 Å². The second-order valence-electron chi connectivity index (χ2n) is 3.47. The van der Waals surface area contributed by atoms with Crippen LogP contribution in [0.4, 0.5) is 0 Å². The summed E-state index contributed by atoms with van der Waals surface area (Å²) in [5.74, 6) is 0. The topological polar surface area (TPSA) is 32.5 Å². The van der Waals surface area contributed by atoms with Crippen molar-refractivity contribution in [2.75, 3.05) is 28.2 Å². The van der Waals surface area contributed by atoms with Gasteiger partial charge in [0.05, 0.1) is 0 Å². The SMILES string of the molecule is CN(C)C1=CC(N)=CC(N(C)C)=[Si]1. The third kappa shape index (κ3) is 2.45. The lowest BCUT2D eigenvalue weighted by Crippen LogP contribution is -2.30. The molecule has 0 amide bonds. The van der Waals surface area contributed by atoms with Crippen LogP contribution in [-0.4, -0.2) is 52.4 Å². The molecule has 4 heteroatoms. The zero-order valence-corrected chi connectivity index (χ0v) is 9.63. The largest absolute Gasteiger partial charge is 0.399 e. The van der Waals surface area contributed by atoms with Gasteiger partial charge in [0.25, 0.3) is 0 Å². The first-order valence-corrected chi connectivity index (χ1v) is 5.18. The molecule has 0 spiro atoms. The van der Waals surface area contributed by atoms with Crippen LogP contribution in [0.25, 0.3) is 0 Å². The first-order valence-electron chi connectivity index (χ1n) is 4.18. The number of nitrogens with zero attached hydrogens (tertiary/aromatic N) is 2. The van der Waals surface area contributed by atoms with Gasteiger partial charge in [0, 0.05) is 44.5 Å². The summed E-state index contributed by atoms with van der Waals surface area (Å²) < 4.78 is 0. The van der Waals surface area contributed by atoms with Crippen molar-refractivity contribution in [3.05, 3.63) is 23.2 Å². The first kappa shape index (κ1) is 10.1. The molecule has 0 aromatic carbocycles. The quantitative estimate of drug-likeness (QED) is 0.610. The number of likely N-dealkylation sites (N-methyl/N-ethyl adjacent to an activating group) is 1. The Labute approximate surface area is 81.9 Å². The van der Waals surface area contributed by atoms with Crippen LogP contribution in [0.5, 0.6) is 0 Å². The molecule has 0 atom stereocenters. The van der Waals surface area contributed by atoms with Crippen molar-refractivity contribution in [3.8, 4) is 0 Å². The standard InChI is InChI=1S/C9H16N3Si/c1-11(2)8-5-7(10)6-9(13-8)12(3)4/h5-6H,10H2,1-4H3. The van der Waals surface area contributed by atoms with E-state index in [9.17, 15) is 0 Å². The third-order valence-electron chi connectivity index (χ3n) is 1.83. The molecule has 0 aromatic rings. The van der Waals surface area contributed by atoms with Crippen molar-refractivity contribution < 1.29 is 0 Å². The molecule has 0 bridgehead atoms. The van der Waals surface area contributed by atoms with E-state index < -0.39 is 0 Å². The van der Waals surface area contributed by atoms with Crippen molar-refractivity contribution in [3.63, 3.8) is 0 Å². The molecule has 0 aromatic heterocycles. The Balaban J connectivity index is 2.98. The van der Waals surface area contributed by atoms with Gasteiger partial charge in [-0.1, -0.05) is 0 Å². The summed E-state index contributed by atoms with van der Waals surface area (Å²) in [7, 11) is 8.89. The Bertz CT molecular complexity index is 278. The Morgan fingerprint density at radius 2 is 1.69 bits per heavy atom. The number of rotatable bonds is 2. The van der Waals surface area contributed by atoms with E-state index in [1.165, 1.54) is 10.6 Å². The number of hydrogen-bond donors (Lipinski definition) is 1. The van der Waals surface area contributed by atoms with Crippen LogP contribution in [0.3, 0.4) is 0 Å². The van der Waals surface area contributed by atoms with Gasteiger partial charge in [-0.25, -0.2) is 0 Å². The Hall–Kier alpha value is -1.03. The number of allylic oxidation sites excluding steroid dienone is 1. The zero-order valence-electron chi connectivity index (χ0n) is 8.63. The second kappa shape index (κ2) is 3.78. The highest BCUT2D eigenvalue weighted by molar-refractivity contribution is 6.62. The fraction of sp³-hybridized carbons (Fsp3) is 0.444. The van der Waals surface area contributed by atoms with Crippen LogP contribution in [0.15, 0.2) is 23.2 Å². The highest BCUT2D eigenvalue weighted by Crippen LogP contribution is 2.04. The minimum atomic E-state index is 0.704. The number of nitrogens with two attached hydrogens (primary N) is 1. The maximum Gasteiger partial charge on any atom is 0.113 e. The average molecular weight is 194 g/mol. The highest BCUT2D eigenvalue weighted by Gasteiger charge is 2.07. The minimum Gasteiger partial charge on any atom is -0.399 e. The zero-order chi connectivity index (χ0) is 10.0. The van der Waals surface area contributed by atoms with Crippen LogP contribution in [-0.2, 0) is 0 Å². The Morgan fingerprint density at radius 1 is 1.08 bits per heavy atom. The van der Waals surface area contributed by atoms with E-state index >= 15 is 0 Å². The Kier molecular flexibility index (Phi) is 2.93. The van der Waals surface area contributed by atoms with Crippen molar-refractivity contribution >= 4 is 14.4 Å². The summed E-state index contributed by atoms with van der Waals surface area (Å²) in [6, 6.07) is 0. The van der Waals surface area contributed by atoms with Gasteiger partial charge in [-0.3, -0.25) is 0 Å².